The third-order valence-corrected chi connectivity index (χ3v) is 4.62. The molecule has 0 rings (SSSR count). The van der Waals surface area contributed by atoms with Crippen LogP contribution in [0.5, 0.6) is 0 Å². The second-order valence-corrected chi connectivity index (χ2v) is 5.85. The molecule has 7 nitrogen and oxygen atoms in total. The summed E-state index contributed by atoms with van der Waals surface area (Å²) in [7, 11) is -9.82. The second kappa shape index (κ2) is 5.70. The van der Waals surface area contributed by atoms with Crippen molar-refractivity contribution in [1.82, 2.24) is 0 Å². The van der Waals surface area contributed by atoms with Crippen LogP contribution in [0.25, 0.3) is 0 Å². The topological polar surface area (TPSA) is 135 Å². The average molecular weight is 246 g/mol. The van der Waals surface area contributed by atoms with Gasteiger partial charge in [0, 0.05) is 0 Å². The van der Waals surface area contributed by atoms with E-state index in [1.807, 2.05) is 0 Å². The predicted molar refractivity (Wildman–Crippen MR) is 42.1 cm³/mol. The molecule has 0 aliphatic rings. The Morgan fingerprint density at radius 3 is 1.25 bits per heavy atom. The van der Waals surface area contributed by atoms with E-state index in [2.05, 4.69) is 0 Å². The Balaban J connectivity index is 0. The molecule has 0 saturated carbocycles. The molecule has 0 spiro atoms. The van der Waals surface area contributed by atoms with Gasteiger partial charge in [-0.1, -0.05) is 0 Å². The Morgan fingerprint density at radius 1 is 1.00 bits per heavy atom. The van der Waals surface area contributed by atoms with E-state index >= 15 is 0 Å². The number of hydrogen-bond donors (Lipinski definition) is 5. The van der Waals surface area contributed by atoms with Crippen molar-refractivity contribution in [2.45, 2.75) is 5.40 Å². The van der Waals surface area contributed by atoms with E-state index in [9.17, 15) is 9.13 Å². The standard InChI is InChI=1S/C2H8O7P2.K.H/c3-1-2(10(4,5)6)11(7,8)9;;/h2-3H,1H2,(H2,4,5,6)(H2,7,8,9);;. The molecule has 0 saturated heterocycles. The summed E-state index contributed by atoms with van der Waals surface area (Å²) in [5, 5.41) is 5.92. The molecule has 0 aliphatic heterocycles. The van der Waals surface area contributed by atoms with Crippen LogP contribution in [0.3, 0.4) is 0 Å². The number of aliphatic hydroxyl groups excluding tert-OH is 1. The molecule has 0 aromatic rings. The molecule has 12 heavy (non-hydrogen) atoms. The average Bonchev–Trinajstić information content (AvgIpc) is 1.56. The van der Waals surface area contributed by atoms with E-state index in [0.29, 0.717) is 0 Å². The molecular formula is C2H9KO7P2. The van der Waals surface area contributed by atoms with Crippen LogP contribution in [-0.2, 0) is 9.13 Å². The predicted octanol–water partition coefficient (Wildman–Crippen LogP) is -1.99. The monoisotopic (exact) mass is 246 g/mol. The van der Waals surface area contributed by atoms with Gasteiger partial charge in [0.2, 0.25) is 0 Å². The van der Waals surface area contributed by atoms with Crippen molar-refractivity contribution >= 4 is 66.6 Å². The van der Waals surface area contributed by atoms with Crippen molar-refractivity contribution in [3.05, 3.63) is 0 Å². The van der Waals surface area contributed by atoms with Crippen molar-refractivity contribution in [3.8, 4) is 0 Å². The Kier molecular flexibility index (Phi) is 7.76. The van der Waals surface area contributed by atoms with Crippen LogP contribution in [0.2, 0.25) is 0 Å². The van der Waals surface area contributed by atoms with Gasteiger partial charge < -0.3 is 24.7 Å². The van der Waals surface area contributed by atoms with Crippen molar-refractivity contribution < 1.29 is 33.8 Å². The minimum atomic E-state index is -4.91. The molecule has 5 N–H and O–H groups in total. The summed E-state index contributed by atoms with van der Waals surface area (Å²) < 4.78 is 20.5. The van der Waals surface area contributed by atoms with Crippen LogP contribution in [0, 0.1) is 0 Å². The maximum absolute atomic E-state index is 10.3. The molecular weight excluding hydrogens is 237 g/mol. The third-order valence-electron chi connectivity index (χ3n) is 0.940. The van der Waals surface area contributed by atoms with Crippen LogP contribution in [0.1, 0.15) is 0 Å². The van der Waals surface area contributed by atoms with Gasteiger partial charge >= 0.3 is 66.6 Å². The molecule has 0 atom stereocenters. The Hall–Kier alpha value is 1.90. The minimum absolute atomic E-state index is 0. The molecule has 0 amide bonds. The van der Waals surface area contributed by atoms with Crippen molar-refractivity contribution in [2.75, 3.05) is 6.61 Å². The molecule has 0 unspecified atom stereocenters. The van der Waals surface area contributed by atoms with Gasteiger partial charge in [0.05, 0.1) is 6.61 Å². The van der Waals surface area contributed by atoms with Crippen LogP contribution in [-0.4, -0.2) is 88.1 Å². The Labute approximate surface area is 111 Å². The summed E-state index contributed by atoms with van der Waals surface area (Å²) in [6.07, 6.45) is 0. The molecule has 0 bridgehead atoms. The molecule has 0 aliphatic carbocycles. The van der Waals surface area contributed by atoms with Crippen molar-refractivity contribution in [1.29, 1.82) is 0 Å². The Morgan fingerprint density at radius 2 is 1.25 bits per heavy atom. The zero-order chi connectivity index (χ0) is 9.28. The molecule has 0 aromatic carbocycles. The van der Waals surface area contributed by atoms with Crippen LogP contribution in [0.15, 0.2) is 0 Å². The molecule has 0 fully saturated rings. The normalized spacial score (nSPS) is 12.8. The quantitative estimate of drug-likeness (QED) is 0.287. The van der Waals surface area contributed by atoms with Gasteiger partial charge in [-0.3, -0.25) is 9.13 Å². The van der Waals surface area contributed by atoms with Gasteiger partial charge in [0.25, 0.3) is 0 Å². The third kappa shape index (κ3) is 5.59. The van der Waals surface area contributed by atoms with E-state index < -0.39 is 27.2 Å². The Bertz CT molecular complexity index is 193. The zero-order valence-corrected chi connectivity index (χ0v) is 7.02. The van der Waals surface area contributed by atoms with E-state index in [1.54, 1.807) is 0 Å². The SMILES string of the molecule is O=P(O)(O)C(CO)P(=O)(O)O.[KH]. The summed E-state index contributed by atoms with van der Waals surface area (Å²) in [6.45, 7) is -1.24. The van der Waals surface area contributed by atoms with Crippen molar-refractivity contribution in [2.24, 2.45) is 0 Å². The number of aliphatic hydroxyl groups is 1. The second-order valence-electron chi connectivity index (χ2n) is 1.84. The summed E-state index contributed by atoms with van der Waals surface area (Å²) in [5.41, 5.74) is 0. The summed E-state index contributed by atoms with van der Waals surface area (Å²) >= 11 is 0. The van der Waals surface area contributed by atoms with Gasteiger partial charge in [-0.15, -0.1) is 0 Å². The fourth-order valence-electron chi connectivity index (χ4n) is 0.409. The summed E-state index contributed by atoms with van der Waals surface area (Å²) in [6, 6.07) is 0. The van der Waals surface area contributed by atoms with Crippen LogP contribution in [0.4, 0.5) is 0 Å². The van der Waals surface area contributed by atoms with E-state index in [4.69, 9.17) is 24.7 Å². The van der Waals surface area contributed by atoms with Gasteiger partial charge in [-0.25, -0.2) is 0 Å². The van der Waals surface area contributed by atoms with Crippen molar-refractivity contribution in [3.63, 3.8) is 0 Å². The molecule has 70 valence electrons. The molecule has 10 heteroatoms. The van der Waals surface area contributed by atoms with Crippen LogP contribution < -0.4 is 0 Å². The van der Waals surface area contributed by atoms with Gasteiger partial charge in [-0.2, -0.15) is 0 Å². The van der Waals surface area contributed by atoms with Gasteiger partial charge in [0.15, 0.2) is 5.40 Å². The maximum atomic E-state index is 10.3. The molecule has 0 aromatic heterocycles. The number of rotatable bonds is 3. The van der Waals surface area contributed by atoms with E-state index in [0.717, 1.165) is 0 Å². The number of hydrogen-bond acceptors (Lipinski definition) is 3. The molecule has 0 radical (unpaired) electrons. The van der Waals surface area contributed by atoms with Crippen LogP contribution >= 0.6 is 15.2 Å². The summed E-state index contributed by atoms with van der Waals surface area (Å²) in [5.74, 6) is 0. The van der Waals surface area contributed by atoms with E-state index in [-0.39, 0.29) is 51.4 Å². The summed E-state index contributed by atoms with van der Waals surface area (Å²) in [4.78, 5) is 33.1. The van der Waals surface area contributed by atoms with Gasteiger partial charge in [-0.05, 0) is 0 Å². The first kappa shape index (κ1) is 16.3. The first-order valence-electron chi connectivity index (χ1n) is 2.41. The first-order chi connectivity index (χ1) is 4.69. The first-order valence-corrected chi connectivity index (χ1v) is 5.77. The van der Waals surface area contributed by atoms with E-state index in [1.165, 1.54) is 0 Å². The fraction of sp³-hybridized carbons (Fsp3) is 1.00. The molecule has 0 heterocycles. The zero-order valence-electron chi connectivity index (χ0n) is 5.23. The fourth-order valence-corrected chi connectivity index (χ4v) is 2.40. The van der Waals surface area contributed by atoms with Gasteiger partial charge in [0.1, 0.15) is 0 Å².